The normalized spacial score (nSPS) is 11.5. The molecule has 0 spiro atoms. The predicted octanol–water partition coefficient (Wildman–Crippen LogP) is 4.72. The van der Waals surface area contributed by atoms with E-state index in [-0.39, 0.29) is 12.6 Å². The minimum absolute atomic E-state index is 0.0645. The molecular weight excluding hydrogens is 284 g/mol. The third-order valence-corrected chi connectivity index (χ3v) is 3.65. The summed E-state index contributed by atoms with van der Waals surface area (Å²) < 4.78 is 5.24. The van der Waals surface area contributed by atoms with Gasteiger partial charge in [-0.25, -0.2) is 0 Å². The SMILES string of the molecule is Cc1ccc(NC(C)c2ccc(OCC#N)cc2)cc1Cl. The second kappa shape index (κ2) is 7.01. The first-order valence-electron chi connectivity index (χ1n) is 6.72. The Balaban J connectivity index is 2.04. The highest BCUT2D eigenvalue weighted by atomic mass is 35.5. The van der Waals surface area contributed by atoms with Crippen molar-refractivity contribution in [3.63, 3.8) is 0 Å². The maximum atomic E-state index is 8.48. The van der Waals surface area contributed by atoms with Crippen LogP contribution in [0, 0.1) is 18.3 Å². The number of hydrogen-bond acceptors (Lipinski definition) is 3. The molecule has 21 heavy (non-hydrogen) atoms. The molecule has 0 aliphatic rings. The van der Waals surface area contributed by atoms with Crippen LogP contribution >= 0.6 is 11.6 Å². The number of ether oxygens (including phenoxy) is 1. The van der Waals surface area contributed by atoms with Crippen LogP contribution in [-0.2, 0) is 0 Å². The van der Waals surface area contributed by atoms with Crippen molar-refractivity contribution in [2.75, 3.05) is 11.9 Å². The van der Waals surface area contributed by atoms with E-state index in [1.165, 1.54) is 0 Å². The van der Waals surface area contributed by atoms with E-state index in [1.807, 2.05) is 55.5 Å². The molecule has 0 saturated heterocycles. The van der Waals surface area contributed by atoms with Crippen molar-refractivity contribution in [2.45, 2.75) is 19.9 Å². The number of nitrogens with one attached hydrogen (secondary N) is 1. The van der Waals surface area contributed by atoms with Crippen LogP contribution in [0.5, 0.6) is 5.75 Å². The van der Waals surface area contributed by atoms with Crippen LogP contribution in [0.3, 0.4) is 0 Å². The van der Waals surface area contributed by atoms with Gasteiger partial charge in [0.1, 0.15) is 11.8 Å². The van der Waals surface area contributed by atoms with Crippen molar-refractivity contribution in [1.82, 2.24) is 0 Å². The molecule has 0 aliphatic carbocycles. The zero-order valence-electron chi connectivity index (χ0n) is 12.1. The summed E-state index contributed by atoms with van der Waals surface area (Å²) in [6, 6.07) is 15.7. The van der Waals surface area contributed by atoms with Crippen molar-refractivity contribution in [1.29, 1.82) is 5.26 Å². The predicted molar refractivity (Wildman–Crippen MR) is 85.8 cm³/mol. The molecule has 2 aromatic rings. The summed E-state index contributed by atoms with van der Waals surface area (Å²) in [4.78, 5) is 0. The first-order chi connectivity index (χ1) is 10.1. The molecule has 4 heteroatoms. The van der Waals surface area contributed by atoms with Gasteiger partial charge in [0.2, 0.25) is 0 Å². The monoisotopic (exact) mass is 300 g/mol. The summed E-state index contributed by atoms with van der Waals surface area (Å²) >= 11 is 6.13. The second-order valence-corrected chi connectivity index (χ2v) is 5.25. The van der Waals surface area contributed by atoms with E-state index in [0.717, 1.165) is 21.8 Å². The van der Waals surface area contributed by atoms with Crippen LogP contribution in [0.25, 0.3) is 0 Å². The van der Waals surface area contributed by atoms with Crippen LogP contribution < -0.4 is 10.1 Å². The molecule has 108 valence electrons. The average molecular weight is 301 g/mol. The summed E-state index contributed by atoms with van der Waals surface area (Å²) in [6.07, 6.45) is 0. The average Bonchev–Trinajstić information content (AvgIpc) is 2.49. The van der Waals surface area contributed by atoms with Gasteiger partial charge < -0.3 is 10.1 Å². The first kappa shape index (κ1) is 15.2. The Bertz CT molecular complexity index is 647. The minimum atomic E-state index is 0.0645. The second-order valence-electron chi connectivity index (χ2n) is 4.85. The maximum Gasteiger partial charge on any atom is 0.174 e. The Morgan fingerprint density at radius 3 is 2.57 bits per heavy atom. The Morgan fingerprint density at radius 1 is 1.24 bits per heavy atom. The molecule has 0 amide bonds. The fourth-order valence-electron chi connectivity index (χ4n) is 1.98. The van der Waals surface area contributed by atoms with Crippen molar-refractivity contribution in [3.8, 4) is 11.8 Å². The molecule has 0 aromatic heterocycles. The molecule has 0 heterocycles. The Kier molecular flexibility index (Phi) is 5.08. The number of hydrogen-bond donors (Lipinski definition) is 1. The summed E-state index contributed by atoms with van der Waals surface area (Å²) in [5, 5.41) is 12.6. The van der Waals surface area contributed by atoms with E-state index >= 15 is 0 Å². The fraction of sp³-hybridized carbons (Fsp3) is 0.235. The number of rotatable bonds is 5. The van der Waals surface area contributed by atoms with Gasteiger partial charge in [0.05, 0.1) is 0 Å². The molecule has 0 aliphatic heterocycles. The molecule has 1 unspecified atom stereocenters. The lowest BCUT2D eigenvalue weighted by molar-refractivity contribution is 0.368. The fourth-order valence-corrected chi connectivity index (χ4v) is 2.16. The molecule has 0 saturated carbocycles. The van der Waals surface area contributed by atoms with Crippen molar-refractivity contribution >= 4 is 17.3 Å². The third-order valence-electron chi connectivity index (χ3n) is 3.24. The van der Waals surface area contributed by atoms with Crippen LogP contribution in [0.2, 0.25) is 5.02 Å². The molecule has 2 aromatic carbocycles. The van der Waals surface area contributed by atoms with Gasteiger partial charge in [-0.2, -0.15) is 5.26 Å². The van der Waals surface area contributed by atoms with Crippen LogP contribution in [0.1, 0.15) is 24.1 Å². The van der Waals surface area contributed by atoms with Gasteiger partial charge in [-0.3, -0.25) is 0 Å². The van der Waals surface area contributed by atoms with Crippen LogP contribution in [0.4, 0.5) is 5.69 Å². The van der Waals surface area contributed by atoms with Gasteiger partial charge in [0.25, 0.3) is 0 Å². The van der Waals surface area contributed by atoms with Crippen molar-refractivity contribution < 1.29 is 4.74 Å². The molecule has 1 N–H and O–H groups in total. The minimum Gasteiger partial charge on any atom is -0.479 e. The van der Waals surface area contributed by atoms with Gasteiger partial charge in [-0.05, 0) is 49.2 Å². The van der Waals surface area contributed by atoms with Crippen LogP contribution in [0.15, 0.2) is 42.5 Å². The van der Waals surface area contributed by atoms with E-state index in [4.69, 9.17) is 21.6 Å². The smallest absolute Gasteiger partial charge is 0.174 e. The van der Waals surface area contributed by atoms with Gasteiger partial charge >= 0.3 is 0 Å². The highest BCUT2D eigenvalue weighted by molar-refractivity contribution is 6.31. The number of nitriles is 1. The van der Waals surface area contributed by atoms with Gasteiger partial charge in [-0.15, -0.1) is 0 Å². The lowest BCUT2D eigenvalue weighted by Gasteiger charge is -2.16. The number of halogens is 1. The molecule has 0 radical (unpaired) electrons. The Hall–Kier alpha value is -2.18. The highest BCUT2D eigenvalue weighted by Crippen LogP contribution is 2.25. The van der Waals surface area contributed by atoms with Crippen LogP contribution in [-0.4, -0.2) is 6.61 Å². The third kappa shape index (κ3) is 4.14. The van der Waals surface area contributed by atoms with Gasteiger partial charge in [-0.1, -0.05) is 29.8 Å². The number of benzene rings is 2. The van der Waals surface area contributed by atoms with Gasteiger partial charge in [0, 0.05) is 16.8 Å². The highest BCUT2D eigenvalue weighted by Gasteiger charge is 2.06. The summed E-state index contributed by atoms with van der Waals surface area (Å²) in [5.41, 5.74) is 3.19. The van der Waals surface area contributed by atoms with E-state index in [1.54, 1.807) is 0 Å². The quantitative estimate of drug-likeness (QED) is 0.868. The van der Waals surface area contributed by atoms with E-state index in [2.05, 4.69) is 12.2 Å². The maximum absolute atomic E-state index is 8.48. The molecule has 0 bridgehead atoms. The summed E-state index contributed by atoms with van der Waals surface area (Å²) in [7, 11) is 0. The van der Waals surface area contributed by atoms with Crippen molar-refractivity contribution in [3.05, 3.63) is 58.6 Å². The molecule has 1 atom stereocenters. The summed E-state index contributed by atoms with van der Waals surface area (Å²) in [6.45, 7) is 4.13. The zero-order valence-corrected chi connectivity index (χ0v) is 12.8. The van der Waals surface area contributed by atoms with Gasteiger partial charge in [0.15, 0.2) is 6.61 Å². The largest absolute Gasteiger partial charge is 0.479 e. The number of nitrogens with zero attached hydrogens (tertiary/aromatic N) is 1. The molecular formula is C17H17ClN2O. The van der Waals surface area contributed by atoms with E-state index < -0.39 is 0 Å². The van der Waals surface area contributed by atoms with Crippen molar-refractivity contribution in [2.24, 2.45) is 0 Å². The van der Waals surface area contributed by atoms with E-state index in [9.17, 15) is 0 Å². The Morgan fingerprint density at radius 2 is 1.95 bits per heavy atom. The molecule has 3 nitrogen and oxygen atoms in total. The number of aryl methyl sites for hydroxylation is 1. The lowest BCUT2D eigenvalue weighted by atomic mass is 10.1. The Labute approximate surface area is 130 Å². The molecule has 2 rings (SSSR count). The van der Waals surface area contributed by atoms with E-state index in [0.29, 0.717) is 5.75 Å². The zero-order chi connectivity index (χ0) is 15.2. The first-order valence-corrected chi connectivity index (χ1v) is 7.10. The topological polar surface area (TPSA) is 45.0 Å². The summed E-state index contributed by atoms with van der Waals surface area (Å²) in [5.74, 6) is 0.700. The lowest BCUT2D eigenvalue weighted by Crippen LogP contribution is -2.06. The number of anilines is 1. The standard InChI is InChI=1S/C17H17ClN2O/c1-12-3-6-15(11-17(12)18)20-13(2)14-4-7-16(8-5-14)21-10-9-19/h3-8,11,13,20H,10H2,1-2H3. The molecule has 0 fully saturated rings.